The van der Waals surface area contributed by atoms with Crippen LogP contribution in [-0.2, 0) is 27.1 Å². The van der Waals surface area contributed by atoms with Gasteiger partial charge in [0.2, 0.25) is 11.8 Å². The Labute approximate surface area is 227 Å². The molecule has 3 aromatic rings. The number of nitrogens with zero attached hydrogens (tertiary/aromatic N) is 4. The SMILES string of the molecule is Cc1ccc(N2C(=O)C[C@@H](N(Cc3ccccc3)C(=O)CSc3nc(C)cc(C(F)(F)F)c3C#N)C2=O)cc1. The molecule has 0 radical (unpaired) electrons. The number of carbonyl (C=O) groups excluding carboxylic acids is 3. The number of imide groups is 1. The van der Waals surface area contributed by atoms with Gasteiger partial charge in [0.25, 0.3) is 5.91 Å². The summed E-state index contributed by atoms with van der Waals surface area (Å²) in [5, 5.41) is 9.20. The van der Waals surface area contributed by atoms with E-state index in [1.807, 2.05) is 6.92 Å². The Hall–Kier alpha value is -4.17. The van der Waals surface area contributed by atoms with Crippen molar-refractivity contribution in [2.75, 3.05) is 10.7 Å². The van der Waals surface area contributed by atoms with Gasteiger partial charge in [-0.15, -0.1) is 0 Å². The first kappa shape index (κ1) is 27.9. The van der Waals surface area contributed by atoms with Crippen LogP contribution in [0.2, 0.25) is 0 Å². The van der Waals surface area contributed by atoms with Gasteiger partial charge in [-0.2, -0.15) is 18.4 Å². The van der Waals surface area contributed by atoms with Crippen molar-refractivity contribution in [3.8, 4) is 6.07 Å². The predicted octanol–water partition coefficient (Wildman–Crippen LogP) is 5.04. The normalized spacial score (nSPS) is 15.4. The molecule has 0 bridgehead atoms. The maximum absolute atomic E-state index is 13.5. The summed E-state index contributed by atoms with van der Waals surface area (Å²) in [7, 11) is 0. The Morgan fingerprint density at radius 2 is 1.79 bits per heavy atom. The molecule has 200 valence electrons. The summed E-state index contributed by atoms with van der Waals surface area (Å²) >= 11 is 0.688. The minimum Gasteiger partial charge on any atom is -0.325 e. The minimum atomic E-state index is -4.77. The molecule has 2 heterocycles. The molecular weight excluding hydrogens is 529 g/mol. The van der Waals surface area contributed by atoms with Crippen LogP contribution >= 0.6 is 11.8 Å². The number of aryl methyl sites for hydroxylation is 2. The quantitative estimate of drug-likeness (QED) is 0.301. The van der Waals surface area contributed by atoms with Crippen LogP contribution in [0.15, 0.2) is 65.7 Å². The Balaban J connectivity index is 1.63. The number of thioether (sulfide) groups is 1. The Bertz CT molecular complexity index is 1450. The van der Waals surface area contributed by atoms with Crippen molar-refractivity contribution in [3.63, 3.8) is 0 Å². The summed E-state index contributed by atoms with van der Waals surface area (Å²) < 4.78 is 40.5. The molecular formula is C28H23F3N4O3S. The van der Waals surface area contributed by atoms with Crippen LogP contribution in [0.3, 0.4) is 0 Å². The van der Waals surface area contributed by atoms with Gasteiger partial charge >= 0.3 is 6.18 Å². The summed E-state index contributed by atoms with van der Waals surface area (Å²) in [4.78, 5) is 46.2. The molecule has 3 amide bonds. The third-order valence-corrected chi connectivity index (χ3v) is 7.13. The first-order valence-corrected chi connectivity index (χ1v) is 12.9. The van der Waals surface area contributed by atoms with E-state index in [0.717, 1.165) is 16.5 Å². The van der Waals surface area contributed by atoms with Crippen molar-refractivity contribution >= 4 is 35.2 Å². The van der Waals surface area contributed by atoms with Gasteiger partial charge < -0.3 is 4.90 Å². The number of carbonyl (C=O) groups is 3. The molecule has 11 heteroatoms. The molecule has 4 rings (SSSR count). The van der Waals surface area contributed by atoms with Crippen LogP contribution in [0.5, 0.6) is 0 Å². The van der Waals surface area contributed by atoms with E-state index >= 15 is 0 Å². The van der Waals surface area contributed by atoms with Crippen molar-refractivity contribution in [2.24, 2.45) is 0 Å². The number of pyridine rings is 1. The highest BCUT2D eigenvalue weighted by atomic mass is 32.2. The molecule has 1 aromatic heterocycles. The van der Waals surface area contributed by atoms with Crippen LogP contribution in [0.25, 0.3) is 0 Å². The van der Waals surface area contributed by atoms with Crippen molar-refractivity contribution in [2.45, 2.75) is 44.1 Å². The number of aromatic nitrogens is 1. The molecule has 1 aliphatic heterocycles. The Morgan fingerprint density at radius 3 is 2.41 bits per heavy atom. The highest BCUT2D eigenvalue weighted by Crippen LogP contribution is 2.36. The Morgan fingerprint density at radius 1 is 1.13 bits per heavy atom. The fourth-order valence-electron chi connectivity index (χ4n) is 4.27. The highest BCUT2D eigenvalue weighted by molar-refractivity contribution is 8.00. The summed E-state index contributed by atoms with van der Waals surface area (Å²) in [6.45, 7) is 3.24. The maximum atomic E-state index is 13.5. The monoisotopic (exact) mass is 552 g/mol. The average Bonchev–Trinajstić information content (AvgIpc) is 3.19. The first-order chi connectivity index (χ1) is 18.5. The lowest BCUT2D eigenvalue weighted by Gasteiger charge is -2.28. The van der Waals surface area contributed by atoms with E-state index in [2.05, 4.69) is 4.98 Å². The molecule has 0 spiro atoms. The lowest BCUT2D eigenvalue weighted by molar-refractivity contribution is -0.138. The van der Waals surface area contributed by atoms with Gasteiger partial charge in [-0.1, -0.05) is 59.8 Å². The highest BCUT2D eigenvalue weighted by Gasteiger charge is 2.44. The molecule has 0 saturated carbocycles. The standard InChI is InChI=1S/C28H23F3N4O3S/c1-17-8-10-20(11-9-17)35-24(36)13-23(27(35)38)34(15-19-6-4-3-5-7-19)25(37)16-39-26-21(14-32)22(28(29,30)31)12-18(2)33-26/h3-12,23H,13,15-16H2,1-2H3/t23-/m1/s1. The van der Waals surface area contributed by atoms with Crippen molar-refractivity contribution < 1.29 is 27.6 Å². The third kappa shape index (κ3) is 6.12. The first-order valence-electron chi connectivity index (χ1n) is 11.9. The molecule has 0 aliphatic carbocycles. The number of nitriles is 1. The minimum absolute atomic E-state index is 0.00577. The fraction of sp³-hybridized carbons (Fsp3) is 0.250. The fourth-order valence-corrected chi connectivity index (χ4v) is 5.20. The van der Waals surface area contributed by atoms with E-state index in [4.69, 9.17) is 0 Å². The van der Waals surface area contributed by atoms with Gasteiger partial charge in [0.1, 0.15) is 17.1 Å². The molecule has 7 nitrogen and oxygen atoms in total. The zero-order chi connectivity index (χ0) is 28.3. The van der Waals surface area contributed by atoms with Crippen molar-refractivity contribution in [3.05, 3.63) is 88.6 Å². The number of rotatable bonds is 7. The molecule has 0 N–H and O–H groups in total. The van der Waals surface area contributed by atoms with Gasteiger partial charge in [0, 0.05) is 12.2 Å². The molecule has 1 saturated heterocycles. The molecule has 1 aliphatic rings. The van der Waals surface area contributed by atoms with E-state index in [-0.39, 0.29) is 23.7 Å². The number of hydrogen-bond donors (Lipinski definition) is 0. The molecule has 1 atom stereocenters. The van der Waals surface area contributed by atoms with Gasteiger partial charge in [-0.3, -0.25) is 14.4 Å². The zero-order valence-corrected chi connectivity index (χ0v) is 21.8. The molecule has 2 aromatic carbocycles. The Kier molecular flexibility index (Phi) is 8.06. The zero-order valence-electron chi connectivity index (χ0n) is 21.0. The summed E-state index contributed by atoms with van der Waals surface area (Å²) in [5.74, 6) is -2.00. The van der Waals surface area contributed by atoms with E-state index in [0.29, 0.717) is 23.0 Å². The second-order valence-corrected chi connectivity index (χ2v) is 9.98. The number of amides is 3. The van der Waals surface area contributed by atoms with Crippen LogP contribution in [0.1, 0.15) is 34.4 Å². The lowest BCUT2D eigenvalue weighted by atomic mass is 10.1. The van der Waals surface area contributed by atoms with Crippen LogP contribution in [-0.4, -0.2) is 39.4 Å². The second kappa shape index (κ2) is 11.3. The number of alkyl halides is 3. The third-order valence-electron chi connectivity index (χ3n) is 6.17. The van der Waals surface area contributed by atoms with E-state index in [1.165, 1.54) is 11.8 Å². The number of anilines is 1. The number of benzene rings is 2. The summed E-state index contributed by atoms with van der Waals surface area (Å²) in [6.07, 6.45) is -5.01. The molecule has 0 unspecified atom stereocenters. The molecule has 39 heavy (non-hydrogen) atoms. The van der Waals surface area contributed by atoms with Crippen molar-refractivity contribution in [1.82, 2.24) is 9.88 Å². The van der Waals surface area contributed by atoms with Gasteiger partial charge in [-0.05, 0) is 37.6 Å². The topological polar surface area (TPSA) is 94.4 Å². The summed E-state index contributed by atoms with van der Waals surface area (Å²) in [5.41, 5.74) is 0.291. The summed E-state index contributed by atoms with van der Waals surface area (Å²) in [6, 6.07) is 16.9. The van der Waals surface area contributed by atoms with Crippen LogP contribution in [0.4, 0.5) is 18.9 Å². The average molecular weight is 553 g/mol. The van der Waals surface area contributed by atoms with E-state index in [1.54, 1.807) is 60.7 Å². The smallest absolute Gasteiger partial charge is 0.325 e. The van der Waals surface area contributed by atoms with Crippen molar-refractivity contribution in [1.29, 1.82) is 5.26 Å². The number of hydrogen-bond acceptors (Lipinski definition) is 6. The lowest BCUT2D eigenvalue weighted by Crippen LogP contribution is -2.45. The van der Waals surface area contributed by atoms with E-state index < -0.39 is 46.8 Å². The maximum Gasteiger partial charge on any atom is 0.417 e. The van der Waals surface area contributed by atoms with Gasteiger partial charge in [-0.25, -0.2) is 9.88 Å². The number of halogens is 3. The largest absolute Gasteiger partial charge is 0.417 e. The van der Waals surface area contributed by atoms with E-state index in [9.17, 15) is 32.8 Å². The van der Waals surface area contributed by atoms with Crippen LogP contribution in [0, 0.1) is 25.2 Å². The second-order valence-electron chi connectivity index (χ2n) is 9.02. The van der Waals surface area contributed by atoms with Crippen LogP contribution < -0.4 is 4.90 Å². The van der Waals surface area contributed by atoms with Gasteiger partial charge in [0.15, 0.2) is 0 Å². The van der Waals surface area contributed by atoms with Gasteiger partial charge in [0.05, 0.1) is 29.0 Å². The molecule has 1 fully saturated rings. The predicted molar refractivity (Wildman–Crippen MR) is 138 cm³/mol.